The molecule has 1 aliphatic rings. The van der Waals surface area contributed by atoms with Crippen LogP contribution >= 0.6 is 0 Å². The van der Waals surface area contributed by atoms with E-state index in [0.717, 1.165) is 0 Å². The zero-order chi connectivity index (χ0) is 14.9. The second-order valence-corrected chi connectivity index (χ2v) is 5.38. The van der Waals surface area contributed by atoms with Gasteiger partial charge < -0.3 is 10.0 Å². The smallest absolute Gasteiger partial charge is 0.308 e. The molecule has 0 radical (unpaired) electrons. The quantitative estimate of drug-likeness (QED) is 0.904. The monoisotopic (exact) mass is 279 g/mol. The molecule has 1 saturated heterocycles. The van der Waals surface area contributed by atoms with Gasteiger partial charge in [0.25, 0.3) is 5.91 Å². The molecular weight excluding hydrogens is 261 g/mol. The van der Waals surface area contributed by atoms with E-state index >= 15 is 0 Å². The third kappa shape index (κ3) is 2.81. The molecule has 1 N–H and O–H groups in total. The Kier molecular flexibility index (Phi) is 4.06. The summed E-state index contributed by atoms with van der Waals surface area (Å²) >= 11 is 0. The molecule has 2 rings (SSSR count). The largest absolute Gasteiger partial charge is 0.481 e. The van der Waals surface area contributed by atoms with Gasteiger partial charge in [0, 0.05) is 18.2 Å². The molecule has 5 heteroatoms. The molecule has 4 nitrogen and oxygen atoms in total. The lowest BCUT2D eigenvalue weighted by Gasteiger charge is -2.36. The van der Waals surface area contributed by atoms with E-state index in [1.165, 1.54) is 18.2 Å². The number of aryl methyl sites for hydroxylation is 1. The molecular formula is C15H18FNO3. The second-order valence-electron chi connectivity index (χ2n) is 5.38. The van der Waals surface area contributed by atoms with E-state index in [4.69, 9.17) is 5.11 Å². The topological polar surface area (TPSA) is 57.6 Å². The van der Waals surface area contributed by atoms with Gasteiger partial charge in [-0.25, -0.2) is 4.39 Å². The van der Waals surface area contributed by atoms with E-state index in [0.29, 0.717) is 24.0 Å². The van der Waals surface area contributed by atoms with Gasteiger partial charge in [0.1, 0.15) is 5.82 Å². The molecule has 108 valence electrons. The van der Waals surface area contributed by atoms with E-state index in [-0.39, 0.29) is 24.3 Å². The Labute approximate surface area is 117 Å². The van der Waals surface area contributed by atoms with E-state index < -0.39 is 11.9 Å². The number of halogens is 1. The number of aliphatic carboxylic acids is 1. The first kappa shape index (κ1) is 14.5. The molecule has 0 aromatic heterocycles. The van der Waals surface area contributed by atoms with Gasteiger partial charge in [-0.05, 0) is 50.5 Å². The minimum atomic E-state index is -0.870. The van der Waals surface area contributed by atoms with Crippen LogP contribution in [0.3, 0.4) is 0 Å². The summed E-state index contributed by atoms with van der Waals surface area (Å²) in [6, 6.07) is 4.03. The van der Waals surface area contributed by atoms with Crippen LogP contribution in [0.2, 0.25) is 0 Å². The second kappa shape index (κ2) is 5.61. The normalized spacial score (nSPS) is 22.6. The predicted octanol–water partition coefficient (Wildman–Crippen LogP) is 2.46. The van der Waals surface area contributed by atoms with E-state index in [2.05, 4.69) is 0 Å². The van der Waals surface area contributed by atoms with Crippen molar-refractivity contribution in [3.05, 3.63) is 35.1 Å². The highest BCUT2D eigenvalue weighted by Crippen LogP contribution is 2.25. The highest BCUT2D eigenvalue weighted by molar-refractivity contribution is 5.96. The van der Waals surface area contributed by atoms with Gasteiger partial charge in [-0.1, -0.05) is 0 Å². The molecule has 1 heterocycles. The fourth-order valence-electron chi connectivity index (χ4n) is 2.61. The van der Waals surface area contributed by atoms with Crippen LogP contribution in [0, 0.1) is 18.7 Å². The van der Waals surface area contributed by atoms with Crippen LogP contribution in [-0.4, -0.2) is 34.5 Å². The summed E-state index contributed by atoms with van der Waals surface area (Å²) in [7, 11) is 0. The highest BCUT2D eigenvalue weighted by atomic mass is 19.1. The van der Waals surface area contributed by atoms with Crippen molar-refractivity contribution in [2.24, 2.45) is 5.92 Å². The molecule has 0 bridgehead atoms. The predicted molar refractivity (Wildman–Crippen MR) is 72.0 cm³/mol. The van der Waals surface area contributed by atoms with Gasteiger partial charge >= 0.3 is 5.97 Å². The summed E-state index contributed by atoms with van der Waals surface area (Å²) in [5.74, 6) is -1.99. The van der Waals surface area contributed by atoms with Gasteiger partial charge in [0.05, 0.1) is 5.92 Å². The van der Waals surface area contributed by atoms with Gasteiger partial charge in [0.15, 0.2) is 0 Å². The number of hydrogen-bond donors (Lipinski definition) is 1. The van der Waals surface area contributed by atoms with Gasteiger partial charge in [-0.3, -0.25) is 9.59 Å². The van der Waals surface area contributed by atoms with Crippen molar-refractivity contribution in [2.75, 3.05) is 6.54 Å². The van der Waals surface area contributed by atoms with Crippen molar-refractivity contribution in [3.8, 4) is 0 Å². The minimum absolute atomic E-state index is 0.00236. The molecule has 0 aliphatic carbocycles. The average Bonchev–Trinajstić information content (AvgIpc) is 2.38. The summed E-state index contributed by atoms with van der Waals surface area (Å²) in [6.45, 7) is 3.81. The zero-order valence-corrected chi connectivity index (χ0v) is 11.6. The molecule has 2 atom stereocenters. The maximum Gasteiger partial charge on any atom is 0.308 e. The summed E-state index contributed by atoms with van der Waals surface area (Å²) in [5.41, 5.74) is 1.00. The van der Waals surface area contributed by atoms with Crippen molar-refractivity contribution >= 4 is 11.9 Å². The lowest BCUT2D eigenvalue weighted by molar-refractivity contribution is -0.143. The number of amides is 1. The van der Waals surface area contributed by atoms with Crippen molar-refractivity contribution in [1.29, 1.82) is 0 Å². The van der Waals surface area contributed by atoms with Crippen molar-refractivity contribution in [3.63, 3.8) is 0 Å². The Balaban J connectivity index is 2.24. The number of hydrogen-bond acceptors (Lipinski definition) is 2. The molecule has 0 spiro atoms. The van der Waals surface area contributed by atoms with Crippen molar-refractivity contribution in [1.82, 2.24) is 4.90 Å². The SMILES string of the molecule is Cc1cc(F)ccc1C(=O)N1CC(C(=O)O)CCC1C. The van der Waals surface area contributed by atoms with Crippen LogP contribution < -0.4 is 0 Å². The summed E-state index contributed by atoms with van der Waals surface area (Å²) in [4.78, 5) is 25.2. The molecule has 1 aliphatic heterocycles. The number of nitrogens with zero attached hydrogens (tertiary/aromatic N) is 1. The minimum Gasteiger partial charge on any atom is -0.481 e. The highest BCUT2D eigenvalue weighted by Gasteiger charge is 2.33. The van der Waals surface area contributed by atoms with Crippen molar-refractivity contribution < 1.29 is 19.1 Å². The zero-order valence-electron chi connectivity index (χ0n) is 11.6. The van der Waals surface area contributed by atoms with E-state index in [1.54, 1.807) is 11.8 Å². The molecule has 1 fully saturated rings. The molecule has 1 aromatic rings. The number of likely N-dealkylation sites (tertiary alicyclic amines) is 1. The van der Waals surface area contributed by atoms with Crippen LogP contribution in [0.1, 0.15) is 35.7 Å². The lowest BCUT2D eigenvalue weighted by Crippen LogP contribution is -2.47. The maximum absolute atomic E-state index is 13.1. The number of carbonyl (C=O) groups excluding carboxylic acids is 1. The first-order valence-electron chi connectivity index (χ1n) is 6.70. The Hall–Kier alpha value is -1.91. The Morgan fingerprint density at radius 2 is 2.05 bits per heavy atom. The molecule has 1 aromatic carbocycles. The Bertz CT molecular complexity index is 544. The van der Waals surface area contributed by atoms with Gasteiger partial charge in [-0.15, -0.1) is 0 Å². The third-order valence-electron chi connectivity index (χ3n) is 3.91. The number of piperidine rings is 1. The van der Waals surface area contributed by atoms with Crippen LogP contribution in [-0.2, 0) is 4.79 Å². The third-order valence-corrected chi connectivity index (χ3v) is 3.91. The molecule has 20 heavy (non-hydrogen) atoms. The maximum atomic E-state index is 13.1. The van der Waals surface area contributed by atoms with E-state index in [1.807, 2.05) is 6.92 Å². The summed E-state index contributed by atoms with van der Waals surface area (Å²) in [6.07, 6.45) is 1.26. The Morgan fingerprint density at radius 3 is 2.65 bits per heavy atom. The first-order valence-corrected chi connectivity index (χ1v) is 6.70. The number of carboxylic acid groups (broad SMARTS) is 1. The van der Waals surface area contributed by atoms with Crippen LogP contribution in [0.5, 0.6) is 0 Å². The van der Waals surface area contributed by atoms with Crippen LogP contribution in [0.15, 0.2) is 18.2 Å². The van der Waals surface area contributed by atoms with Gasteiger partial charge in [-0.2, -0.15) is 0 Å². The lowest BCUT2D eigenvalue weighted by atomic mass is 9.92. The van der Waals surface area contributed by atoms with Crippen LogP contribution in [0.25, 0.3) is 0 Å². The average molecular weight is 279 g/mol. The standard InChI is InChI=1S/C15H18FNO3/c1-9-7-12(16)5-6-13(9)14(18)17-8-11(15(19)20)4-3-10(17)2/h5-7,10-11H,3-4,8H2,1-2H3,(H,19,20). The molecule has 2 unspecified atom stereocenters. The first-order chi connectivity index (χ1) is 9.40. The number of benzene rings is 1. The molecule has 1 amide bonds. The van der Waals surface area contributed by atoms with E-state index in [9.17, 15) is 14.0 Å². The number of carbonyl (C=O) groups is 2. The van der Waals surface area contributed by atoms with Crippen molar-refractivity contribution in [2.45, 2.75) is 32.7 Å². The fourth-order valence-corrected chi connectivity index (χ4v) is 2.61. The van der Waals surface area contributed by atoms with Crippen LogP contribution in [0.4, 0.5) is 4.39 Å². The van der Waals surface area contributed by atoms with Gasteiger partial charge in [0.2, 0.25) is 0 Å². The fraction of sp³-hybridized carbons (Fsp3) is 0.467. The molecule has 0 saturated carbocycles. The number of rotatable bonds is 2. The summed E-state index contributed by atoms with van der Waals surface area (Å²) < 4.78 is 13.1. The summed E-state index contributed by atoms with van der Waals surface area (Å²) in [5, 5.41) is 9.10. The number of carboxylic acids is 1. The Morgan fingerprint density at radius 1 is 1.35 bits per heavy atom.